The van der Waals surface area contributed by atoms with Crippen LogP contribution in [0.3, 0.4) is 0 Å². The third-order valence-corrected chi connectivity index (χ3v) is 4.99. The van der Waals surface area contributed by atoms with E-state index in [2.05, 4.69) is 12.2 Å². The minimum Gasteiger partial charge on any atom is -0.350 e. The lowest BCUT2D eigenvalue weighted by Gasteiger charge is -2.42. The van der Waals surface area contributed by atoms with Crippen molar-refractivity contribution in [3.8, 4) is 0 Å². The van der Waals surface area contributed by atoms with Gasteiger partial charge in [-0.1, -0.05) is 6.92 Å². The molecule has 2 nitrogen and oxygen atoms in total. The molecule has 3 aliphatic rings. The molecule has 0 aromatic rings. The average Bonchev–Trinajstić information content (AvgIpc) is 2.79. The lowest BCUT2D eigenvalue weighted by molar-refractivity contribution is -0.128. The zero-order chi connectivity index (χ0) is 10.5. The summed E-state index contributed by atoms with van der Waals surface area (Å²) >= 11 is 0. The second-order valence-electron chi connectivity index (χ2n) is 5.90. The Balaban J connectivity index is 1.56. The van der Waals surface area contributed by atoms with Gasteiger partial charge in [0.2, 0.25) is 5.91 Å². The fraction of sp³-hybridized carbons (Fsp3) is 0.923. The van der Waals surface area contributed by atoms with Gasteiger partial charge in [0.1, 0.15) is 0 Å². The number of carbonyl (C=O) groups excluding carboxylic acids is 1. The SMILES string of the molecule is CCC1(NC(=O)C2CC3CC3C2)CCC1. The number of fused-ring (bicyclic) bond motifs is 1. The van der Waals surface area contributed by atoms with Crippen molar-refractivity contribution in [3.05, 3.63) is 0 Å². The molecule has 84 valence electrons. The van der Waals surface area contributed by atoms with Crippen molar-refractivity contribution in [3.63, 3.8) is 0 Å². The standard InChI is InChI=1S/C13H21NO/c1-2-13(4-3-5-13)14-12(15)11-7-9-6-10(9)8-11/h9-11H,2-8H2,1H3,(H,14,15). The molecule has 0 heterocycles. The van der Waals surface area contributed by atoms with Crippen LogP contribution in [0.5, 0.6) is 0 Å². The first kappa shape index (κ1) is 9.68. The lowest BCUT2D eigenvalue weighted by atomic mass is 9.74. The van der Waals surface area contributed by atoms with Crippen molar-refractivity contribution >= 4 is 5.91 Å². The van der Waals surface area contributed by atoms with Gasteiger partial charge in [0.15, 0.2) is 0 Å². The maximum Gasteiger partial charge on any atom is 0.223 e. The first-order chi connectivity index (χ1) is 7.22. The Bertz CT molecular complexity index is 267. The Kier molecular flexibility index (Phi) is 2.08. The summed E-state index contributed by atoms with van der Waals surface area (Å²) in [5.74, 6) is 2.56. The molecule has 0 spiro atoms. The second-order valence-corrected chi connectivity index (χ2v) is 5.90. The van der Waals surface area contributed by atoms with E-state index in [-0.39, 0.29) is 5.54 Å². The van der Waals surface area contributed by atoms with E-state index in [1.54, 1.807) is 0 Å². The lowest BCUT2D eigenvalue weighted by Crippen LogP contribution is -2.54. The van der Waals surface area contributed by atoms with Crippen LogP contribution in [-0.4, -0.2) is 11.4 Å². The van der Waals surface area contributed by atoms with Gasteiger partial charge in [-0.2, -0.15) is 0 Å². The van der Waals surface area contributed by atoms with Crippen molar-refractivity contribution in [2.75, 3.05) is 0 Å². The minimum atomic E-state index is 0.198. The first-order valence-corrected chi connectivity index (χ1v) is 6.54. The monoisotopic (exact) mass is 207 g/mol. The number of carbonyl (C=O) groups is 1. The molecule has 0 aliphatic heterocycles. The maximum absolute atomic E-state index is 12.1. The van der Waals surface area contributed by atoms with E-state index in [1.807, 2.05) is 0 Å². The Morgan fingerprint density at radius 1 is 1.27 bits per heavy atom. The number of nitrogens with one attached hydrogen (secondary N) is 1. The molecule has 3 rings (SSSR count). The minimum absolute atomic E-state index is 0.198. The molecule has 0 radical (unpaired) electrons. The van der Waals surface area contributed by atoms with Crippen molar-refractivity contribution < 1.29 is 4.79 Å². The van der Waals surface area contributed by atoms with Gasteiger partial charge in [-0.05, 0) is 56.8 Å². The fourth-order valence-corrected chi connectivity index (χ4v) is 3.46. The summed E-state index contributed by atoms with van der Waals surface area (Å²) in [6, 6.07) is 0. The summed E-state index contributed by atoms with van der Waals surface area (Å²) in [6.07, 6.45) is 8.57. The molecule has 0 aromatic carbocycles. The van der Waals surface area contributed by atoms with E-state index in [0.717, 1.165) is 18.3 Å². The number of hydrogen-bond donors (Lipinski definition) is 1. The van der Waals surface area contributed by atoms with E-state index in [4.69, 9.17) is 0 Å². The molecule has 3 aliphatic carbocycles. The molecule has 2 heteroatoms. The van der Waals surface area contributed by atoms with E-state index in [1.165, 1.54) is 38.5 Å². The van der Waals surface area contributed by atoms with E-state index >= 15 is 0 Å². The van der Waals surface area contributed by atoms with Crippen LogP contribution in [0, 0.1) is 17.8 Å². The molecule has 2 atom stereocenters. The topological polar surface area (TPSA) is 29.1 Å². The molecule has 3 fully saturated rings. The van der Waals surface area contributed by atoms with Crippen LogP contribution in [0.2, 0.25) is 0 Å². The van der Waals surface area contributed by atoms with Gasteiger partial charge in [0.25, 0.3) is 0 Å². The van der Waals surface area contributed by atoms with Crippen LogP contribution in [0.25, 0.3) is 0 Å². The van der Waals surface area contributed by atoms with Gasteiger partial charge < -0.3 is 5.32 Å². The van der Waals surface area contributed by atoms with Crippen molar-refractivity contribution in [1.29, 1.82) is 0 Å². The van der Waals surface area contributed by atoms with Crippen LogP contribution in [-0.2, 0) is 4.79 Å². The Morgan fingerprint density at radius 3 is 2.40 bits per heavy atom. The fourth-order valence-electron chi connectivity index (χ4n) is 3.46. The quantitative estimate of drug-likeness (QED) is 0.757. The van der Waals surface area contributed by atoms with Gasteiger partial charge in [-0.25, -0.2) is 0 Å². The smallest absolute Gasteiger partial charge is 0.223 e. The predicted molar refractivity (Wildman–Crippen MR) is 59.3 cm³/mol. The van der Waals surface area contributed by atoms with Crippen LogP contribution in [0.15, 0.2) is 0 Å². The van der Waals surface area contributed by atoms with Crippen molar-refractivity contribution in [2.45, 2.75) is 57.4 Å². The molecular formula is C13H21NO. The summed E-state index contributed by atoms with van der Waals surface area (Å²) in [5, 5.41) is 3.32. The second kappa shape index (κ2) is 3.23. The molecule has 15 heavy (non-hydrogen) atoms. The van der Waals surface area contributed by atoms with Gasteiger partial charge in [0.05, 0.1) is 0 Å². The van der Waals surface area contributed by atoms with Gasteiger partial charge >= 0.3 is 0 Å². The van der Waals surface area contributed by atoms with Gasteiger partial charge in [-0.3, -0.25) is 4.79 Å². The number of rotatable bonds is 3. The molecule has 0 saturated heterocycles. The number of hydrogen-bond acceptors (Lipinski definition) is 1. The maximum atomic E-state index is 12.1. The summed E-state index contributed by atoms with van der Waals surface area (Å²) < 4.78 is 0. The van der Waals surface area contributed by atoms with Crippen molar-refractivity contribution in [2.24, 2.45) is 17.8 Å². The highest BCUT2D eigenvalue weighted by Crippen LogP contribution is 2.54. The van der Waals surface area contributed by atoms with Gasteiger partial charge in [0, 0.05) is 11.5 Å². The highest BCUT2D eigenvalue weighted by molar-refractivity contribution is 5.80. The molecule has 1 N–H and O–H groups in total. The van der Waals surface area contributed by atoms with Crippen LogP contribution < -0.4 is 5.32 Å². The van der Waals surface area contributed by atoms with Crippen LogP contribution in [0.4, 0.5) is 0 Å². The Morgan fingerprint density at radius 2 is 1.93 bits per heavy atom. The summed E-state index contributed by atoms with van der Waals surface area (Å²) in [5.41, 5.74) is 0.198. The molecule has 0 bridgehead atoms. The van der Waals surface area contributed by atoms with Gasteiger partial charge in [-0.15, -0.1) is 0 Å². The average molecular weight is 207 g/mol. The molecule has 2 unspecified atom stereocenters. The molecule has 3 saturated carbocycles. The van der Waals surface area contributed by atoms with Crippen molar-refractivity contribution in [1.82, 2.24) is 5.32 Å². The van der Waals surface area contributed by atoms with Crippen LogP contribution >= 0.6 is 0 Å². The van der Waals surface area contributed by atoms with E-state index in [9.17, 15) is 4.79 Å². The molecular weight excluding hydrogens is 186 g/mol. The van der Waals surface area contributed by atoms with Crippen LogP contribution in [0.1, 0.15) is 51.9 Å². The van der Waals surface area contributed by atoms with E-state index in [0.29, 0.717) is 11.8 Å². The highest BCUT2D eigenvalue weighted by Gasteiger charge is 2.49. The molecule has 0 aromatic heterocycles. The Labute approximate surface area is 91.8 Å². The molecule has 1 amide bonds. The highest BCUT2D eigenvalue weighted by atomic mass is 16.2. The normalized spacial score (nSPS) is 40.5. The third kappa shape index (κ3) is 1.58. The first-order valence-electron chi connectivity index (χ1n) is 6.54. The predicted octanol–water partition coefficient (Wildman–Crippen LogP) is 2.48. The largest absolute Gasteiger partial charge is 0.350 e. The third-order valence-electron chi connectivity index (χ3n) is 4.99. The summed E-state index contributed by atoms with van der Waals surface area (Å²) in [6.45, 7) is 2.20. The number of amides is 1. The zero-order valence-electron chi connectivity index (χ0n) is 9.59. The van der Waals surface area contributed by atoms with E-state index < -0.39 is 0 Å². The summed E-state index contributed by atoms with van der Waals surface area (Å²) in [4.78, 5) is 12.1. The zero-order valence-corrected chi connectivity index (χ0v) is 9.59. The Hall–Kier alpha value is -0.530. The summed E-state index contributed by atoms with van der Waals surface area (Å²) in [7, 11) is 0.